The number of aliphatic hydroxyl groups is 3. The van der Waals surface area contributed by atoms with E-state index in [2.05, 4.69) is 54.8 Å². The normalized spacial score (nSPS) is 24.1. The van der Waals surface area contributed by atoms with Gasteiger partial charge in [0.2, 0.25) is 53.2 Å². The fraction of sp³-hybridized carbons (Fsp3) is 0.792. The second-order valence-electron chi connectivity index (χ2n) is 21.6. The molecule has 0 aromatic heterocycles. The molecule has 1 rings (SSSR count). The summed E-state index contributed by atoms with van der Waals surface area (Å²) in [6, 6.07) is -14.0. The highest BCUT2D eigenvalue weighted by molar-refractivity contribution is 5.99. The Morgan fingerprint density at radius 3 is 1.55 bits per heavy atom. The van der Waals surface area contributed by atoms with Gasteiger partial charge in [-0.2, -0.15) is 0 Å². The Labute approximate surface area is 459 Å². The van der Waals surface area contributed by atoms with E-state index < -0.39 is 164 Å². The number of amides is 9. The number of hydrogen-bond acceptors (Lipinski definition) is 15. The molecule has 1 fully saturated rings. The monoisotopic (exact) mass is 1110 g/mol. The van der Waals surface area contributed by atoms with E-state index in [9.17, 15) is 73.2 Å². The number of carboxylic acids is 1. The predicted molar refractivity (Wildman–Crippen MR) is 286 cm³/mol. The minimum absolute atomic E-state index is 0.00821. The van der Waals surface area contributed by atoms with Crippen molar-refractivity contribution >= 4 is 65.1 Å². The summed E-state index contributed by atoms with van der Waals surface area (Å²) in [6.45, 7) is 16.6. The quantitative estimate of drug-likeness (QED) is 0.0376. The maximum absolute atomic E-state index is 14.5. The molecular weight excluding hydrogens is 1020 g/mol. The molecule has 25 nitrogen and oxygen atoms in total. The van der Waals surface area contributed by atoms with E-state index in [1.165, 1.54) is 13.8 Å². The Hall–Kier alpha value is -5.95. The molecule has 3 unspecified atom stereocenters. The maximum Gasteiger partial charge on any atom is 0.329 e. The van der Waals surface area contributed by atoms with Crippen LogP contribution in [0.4, 0.5) is 0 Å². The largest absolute Gasteiger partial charge is 0.481 e. The van der Waals surface area contributed by atoms with E-state index in [1.807, 2.05) is 0 Å². The number of cyclic esters (lactones) is 1. The number of esters is 1. The molecule has 1 saturated heterocycles. The van der Waals surface area contributed by atoms with Crippen molar-refractivity contribution in [1.29, 1.82) is 0 Å². The van der Waals surface area contributed by atoms with Gasteiger partial charge in [-0.1, -0.05) is 108 Å². The lowest BCUT2D eigenvalue weighted by Crippen LogP contribution is -2.63. The zero-order valence-corrected chi connectivity index (χ0v) is 47.7. The van der Waals surface area contributed by atoms with E-state index in [4.69, 9.17) is 4.74 Å². The second kappa shape index (κ2) is 36.3. The van der Waals surface area contributed by atoms with Gasteiger partial charge in [-0.05, 0) is 69.1 Å². The molecule has 78 heavy (non-hydrogen) atoms. The fourth-order valence-corrected chi connectivity index (χ4v) is 8.46. The molecule has 0 radical (unpaired) electrons. The number of aliphatic hydroxyl groups excluding tert-OH is 3. The topological polar surface area (TPSA) is 386 Å². The van der Waals surface area contributed by atoms with Gasteiger partial charge in [-0.3, -0.25) is 47.9 Å². The van der Waals surface area contributed by atoms with E-state index in [0.717, 1.165) is 25.7 Å². The van der Waals surface area contributed by atoms with Gasteiger partial charge in [0, 0.05) is 6.42 Å². The van der Waals surface area contributed by atoms with Crippen molar-refractivity contribution in [3.63, 3.8) is 0 Å². The third-order valence-electron chi connectivity index (χ3n) is 13.2. The Kier molecular flexibility index (Phi) is 32.6. The maximum atomic E-state index is 14.5. The number of carbonyl (C=O) groups is 11. The second-order valence-corrected chi connectivity index (χ2v) is 21.6. The van der Waals surface area contributed by atoms with Crippen LogP contribution in [0, 0.1) is 23.7 Å². The molecule has 13 N–H and O–H groups in total. The molecular formula is C53H93N9O16. The van der Waals surface area contributed by atoms with Crippen LogP contribution in [0.5, 0.6) is 0 Å². The summed E-state index contributed by atoms with van der Waals surface area (Å²) >= 11 is 0. The van der Waals surface area contributed by atoms with E-state index in [0.29, 0.717) is 12.8 Å². The minimum atomic E-state index is -1.94. The Morgan fingerprint density at radius 2 is 1.08 bits per heavy atom. The van der Waals surface area contributed by atoms with Crippen LogP contribution in [-0.4, -0.2) is 165 Å². The van der Waals surface area contributed by atoms with Gasteiger partial charge >= 0.3 is 11.9 Å². The third kappa shape index (κ3) is 25.7. The van der Waals surface area contributed by atoms with Gasteiger partial charge in [-0.25, -0.2) is 4.79 Å². The lowest BCUT2D eigenvalue weighted by atomic mass is 9.98. The van der Waals surface area contributed by atoms with Crippen molar-refractivity contribution in [3.05, 3.63) is 0 Å². The van der Waals surface area contributed by atoms with Crippen molar-refractivity contribution in [3.8, 4) is 0 Å². The summed E-state index contributed by atoms with van der Waals surface area (Å²) in [5.41, 5.74) is 0. The van der Waals surface area contributed by atoms with Crippen LogP contribution < -0.4 is 47.9 Å². The van der Waals surface area contributed by atoms with Crippen LogP contribution >= 0.6 is 0 Å². The van der Waals surface area contributed by atoms with Crippen molar-refractivity contribution in [2.75, 3.05) is 13.2 Å². The molecule has 0 aliphatic carbocycles. The highest BCUT2D eigenvalue weighted by Gasteiger charge is 2.40. The number of carbonyl (C=O) groups excluding carboxylic acids is 10. The van der Waals surface area contributed by atoms with Gasteiger partial charge in [0.1, 0.15) is 60.5 Å². The first-order chi connectivity index (χ1) is 36.6. The summed E-state index contributed by atoms with van der Waals surface area (Å²) in [5.74, 6) is -12.6. The lowest BCUT2D eigenvalue weighted by Gasteiger charge is -2.31. The molecule has 12 atom stereocenters. The molecule has 0 aromatic rings. The first-order valence-electron chi connectivity index (χ1n) is 27.7. The molecule has 1 aliphatic rings. The first kappa shape index (κ1) is 70.1. The van der Waals surface area contributed by atoms with E-state index in [1.54, 1.807) is 55.4 Å². The molecule has 0 spiro atoms. The molecule has 1 aliphatic heterocycles. The van der Waals surface area contributed by atoms with E-state index in [-0.39, 0.29) is 56.3 Å². The highest BCUT2D eigenvalue weighted by Crippen LogP contribution is 2.16. The number of ether oxygens (including phenoxy) is 1. The van der Waals surface area contributed by atoms with Crippen LogP contribution in [0.25, 0.3) is 0 Å². The Balaban J connectivity index is 3.93. The Bertz CT molecular complexity index is 1990. The summed E-state index contributed by atoms with van der Waals surface area (Å²) < 4.78 is 5.79. The molecule has 446 valence electrons. The zero-order chi connectivity index (χ0) is 59.4. The van der Waals surface area contributed by atoms with Crippen LogP contribution in [0.1, 0.15) is 166 Å². The number of aliphatic carboxylic acids is 1. The predicted octanol–water partition coefficient (Wildman–Crippen LogP) is -0.150. The van der Waals surface area contributed by atoms with Gasteiger partial charge in [0.25, 0.3) is 0 Å². The molecule has 0 saturated carbocycles. The molecule has 25 heteroatoms. The average Bonchev–Trinajstić information content (AvgIpc) is 3.35. The summed E-state index contributed by atoms with van der Waals surface area (Å²) in [6.07, 6.45) is 0.954. The van der Waals surface area contributed by atoms with Crippen molar-refractivity contribution in [1.82, 2.24) is 47.9 Å². The fourth-order valence-electron chi connectivity index (χ4n) is 8.46. The number of hydrogen-bond donors (Lipinski definition) is 13. The SMILES string of the molecule is CCCCCCC[C@@H](O)CC(=O)N[C@@H](CC(C)C)C(=O)N[C@H](CCC(=O)O)C(=O)NC1C(=O)NC(CC)C(=O)N[C@@H](CC(C)C)C(=O)N[C@H](CO)C(=O)N[C@@H](CC(C)C)C(=O)N[C@H](CO)C(=O)NC([C@@H](C)CC)C(=O)O[C@@H]1C. The molecule has 9 amide bonds. The summed E-state index contributed by atoms with van der Waals surface area (Å²) in [5, 5.41) is 63.3. The van der Waals surface area contributed by atoms with Gasteiger partial charge in [-0.15, -0.1) is 0 Å². The first-order valence-corrected chi connectivity index (χ1v) is 27.7. The van der Waals surface area contributed by atoms with Crippen molar-refractivity contribution in [2.24, 2.45) is 23.7 Å². The molecule has 0 aromatic carbocycles. The third-order valence-corrected chi connectivity index (χ3v) is 13.2. The Morgan fingerprint density at radius 1 is 0.590 bits per heavy atom. The minimum Gasteiger partial charge on any atom is -0.481 e. The molecule has 1 heterocycles. The van der Waals surface area contributed by atoms with Crippen LogP contribution in [0.3, 0.4) is 0 Å². The van der Waals surface area contributed by atoms with Crippen molar-refractivity contribution < 1.29 is 77.9 Å². The van der Waals surface area contributed by atoms with Gasteiger partial charge in [0.05, 0.1) is 25.7 Å². The molecule has 0 bridgehead atoms. The summed E-state index contributed by atoms with van der Waals surface area (Å²) in [4.78, 5) is 151. The number of nitrogens with one attached hydrogen (secondary N) is 9. The van der Waals surface area contributed by atoms with Crippen molar-refractivity contribution in [2.45, 2.75) is 233 Å². The van der Waals surface area contributed by atoms with Crippen LogP contribution in [0.2, 0.25) is 0 Å². The number of unbranched alkanes of at least 4 members (excludes halogenated alkanes) is 4. The smallest absolute Gasteiger partial charge is 0.329 e. The average molecular weight is 1110 g/mol. The lowest BCUT2D eigenvalue weighted by molar-refractivity contribution is -0.157. The zero-order valence-electron chi connectivity index (χ0n) is 47.7. The standard InChI is InChI=1S/C53H93N9O16/c1-12-15-16-17-18-19-33(65)25-41(66)54-36(22-28(4)5)47(71)56-35(20-21-42(67)68)46(70)62-44-32(11)78-53(77)43(31(10)13-2)61-51(75)40(27-64)60-49(73)38(24-30(8)9)58-50(74)39(26-63)59-48(72)37(23-29(6)7)57-45(69)34(14-3)55-52(44)76/h28-40,43-44,63-65H,12-27H2,1-11H3,(H,54,66)(H,55,76)(H,56,71)(H,57,69)(H,58,74)(H,59,72)(H,60,73)(H,61,75)(H,62,70)(H,67,68)/t31-,32+,33+,34?,35+,36-,37-,38-,39+,40+,43?,44?/m0/s1. The highest BCUT2D eigenvalue weighted by atomic mass is 16.5. The van der Waals surface area contributed by atoms with Gasteiger partial charge < -0.3 is 73.0 Å². The number of carboxylic acid groups (broad SMARTS) is 1. The van der Waals surface area contributed by atoms with Gasteiger partial charge in [0.15, 0.2) is 0 Å². The van der Waals surface area contributed by atoms with Crippen LogP contribution in [0.15, 0.2) is 0 Å². The van der Waals surface area contributed by atoms with E-state index >= 15 is 0 Å². The van der Waals surface area contributed by atoms with Crippen LogP contribution in [-0.2, 0) is 57.5 Å². The summed E-state index contributed by atoms with van der Waals surface area (Å²) in [7, 11) is 0. The number of rotatable bonds is 27.